The summed E-state index contributed by atoms with van der Waals surface area (Å²) in [6.45, 7) is 3.56. The Morgan fingerprint density at radius 2 is 2.23 bits per heavy atom. The minimum Gasteiger partial charge on any atom is -0.490 e. The zero-order chi connectivity index (χ0) is 16.3. The molecule has 22 heavy (non-hydrogen) atoms. The van der Waals surface area contributed by atoms with Crippen molar-refractivity contribution in [1.29, 1.82) is 0 Å². The Bertz CT molecular complexity index is 688. The molecule has 1 heterocycles. The average Bonchev–Trinajstić information content (AvgIpc) is 2.72. The second-order valence-corrected chi connectivity index (χ2v) is 6.78. The van der Waals surface area contributed by atoms with Gasteiger partial charge in [0.15, 0.2) is 11.5 Å². The Morgan fingerprint density at radius 3 is 2.77 bits per heavy atom. The molecule has 0 atom stereocenters. The van der Waals surface area contributed by atoms with Gasteiger partial charge in [-0.2, -0.15) is 0 Å². The van der Waals surface area contributed by atoms with Gasteiger partial charge in [-0.3, -0.25) is 9.59 Å². The highest BCUT2D eigenvalue weighted by molar-refractivity contribution is 9.10. The number of carbonyl (C=O) groups excluding carboxylic acids is 2. The van der Waals surface area contributed by atoms with Crippen LogP contribution in [0.5, 0.6) is 11.5 Å². The van der Waals surface area contributed by atoms with Gasteiger partial charge in [0, 0.05) is 6.92 Å². The molecule has 2 rings (SSSR count). The topological polar surface area (TPSA) is 64.6 Å². The molecule has 1 saturated heterocycles. The van der Waals surface area contributed by atoms with Crippen LogP contribution in [0.3, 0.4) is 0 Å². The summed E-state index contributed by atoms with van der Waals surface area (Å²) in [5.74, 6) is 0.0671. The Balaban J connectivity index is 2.42. The summed E-state index contributed by atoms with van der Waals surface area (Å²) in [7, 11) is 0. The van der Waals surface area contributed by atoms with Gasteiger partial charge in [-0.25, -0.2) is 0 Å². The lowest BCUT2D eigenvalue weighted by molar-refractivity contribution is -0.132. The highest BCUT2D eigenvalue weighted by Crippen LogP contribution is 2.38. The van der Waals surface area contributed by atoms with E-state index < -0.39 is 5.97 Å². The number of halogens is 1. The molecule has 116 valence electrons. The predicted octanol–water partition coefficient (Wildman–Crippen LogP) is 3.26. The maximum atomic E-state index is 11.7. The molecule has 0 saturated carbocycles. The van der Waals surface area contributed by atoms with E-state index in [2.05, 4.69) is 21.2 Å². The van der Waals surface area contributed by atoms with Crippen molar-refractivity contribution in [2.24, 2.45) is 0 Å². The Labute approximate surface area is 145 Å². The van der Waals surface area contributed by atoms with Crippen molar-refractivity contribution in [3.63, 3.8) is 0 Å². The molecule has 1 N–H and O–H groups in total. The average molecular weight is 402 g/mol. The second-order valence-electron chi connectivity index (χ2n) is 4.21. The van der Waals surface area contributed by atoms with E-state index in [1.807, 2.05) is 6.92 Å². The molecule has 1 aliphatic heterocycles. The summed E-state index contributed by atoms with van der Waals surface area (Å²) in [6, 6.07) is 3.44. The minimum atomic E-state index is -0.441. The van der Waals surface area contributed by atoms with E-state index in [9.17, 15) is 9.59 Å². The molecule has 1 aromatic rings. The van der Waals surface area contributed by atoms with E-state index >= 15 is 0 Å². The summed E-state index contributed by atoms with van der Waals surface area (Å²) < 4.78 is 11.6. The van der Waals surface area contributed by atoms with Crippen LogP contribution in [-0.4, -0.2) is 22.8 Å². The second kappa shape index (κ2) is 7.26. The van der Waals surface area contributed by atoms with Crippen LogP contribution in [0, 0.1) is 0 Å². The van der Waals surface area contributed by atoms with Gasteiger partial charge in [-0.05, 0) is 46.6 Å². The zero-order valence-electron chi connectivity index (χ0n) is 11.8. The third-order valence-corrected chi connectivity index (χ3v) is 4.27. The van der Waals surface area contributed by atoms with Crippen molar-refractivity contribution in [3.8, 4) is 11.5 Å². The van der Waals surface area contributed by atoms with Gasteiger partial charge in [-0.15, -0.1) is 0 Å². The van der Waals surface area contributed by atoms with Crippen LogP contribution in [0.2, 0.25) is 0 Å². The molecule has 1 amide bonds. The molecular weight excluding hydrogens is 390 g/mol. The van der Waals surface area contributed by atoms with Crippen LogP contribution >= 0.6 is 39.9 Å². The largest absolute Gasteiger partial charge is 0.490 e. The van der Waals surface area contributed by atoms with Crippen LogP contribution in [0.15, 0.2) is 21.5 Å². The predicted molar refractivity (Wildman–Crippen MR) is 92.9 cm³/mol. The molecule has 1 aromatic carbocycles. The molecule has 0 radical (unpaired) electrons. The number of benzene rings is 1. The lowest BCUT2D eigenvalue weighted by Gasteiger charge is -2.12. The number of thiocarbonyl (C=S) groups is 1. The van der Waals surface area contributed by atoms with Gasteiger partial charge in [-0.1, -0.05) is 24.0 Å². The fourth-order valence-corrected chi connectivity index (χ4v) is 3.33. The Kier molecular flexibility index (Phi) is 5.60. The number of thioether (sulfide) groups is 1. The fraction of sp³-hybridized carbons (Fsp3) is 0.214. The molecule has 5 nitrogen and oxygen atoms in total. The van der Waals surface area contributed by atoms with E-state index in [4.69, 9.17) is 21.7 Å². The number of esters is 1. The van der Waals surface area contributed by atoms with Gasteiger partial charge in [0.2, 0.25) is 0 Å². The highest BCUT2D eigenvalue weighted by Gasteiger charge is 2.22. The third-order valence-electron chi connectivity index (χ3n) is 2.52. The molecule has 0 aromatic heterocycles. The van der Waals surface area contributed by atoms with Crippen molar-refractivity contribution in [3.05, 3.63) is 27.1 Å². The zero-order valence-corrected chi connectivity index (χ0v) is 15.0. The third kappa shape index (κ3) is 4.08. The van der Waals surface area contributed by atoms with Gasteiger partial charge in [0.25, 0.3) is 5.91 Å². The van der Waals surface area contributed by atoms with Crippen LogP contribution in [-0.2, 0) is 9.59 Å². The number of carbonyl (C=O) groups is 2. The van der Waals surface area contributed by atoms with Crippen LogP contribution < -0.4 is 14.8 Å². The Morgan fingerprint density at radius 1 is 1.50 bits per heavy atom. The first-order valence-electron chi connectivity index (χ1n) is 6.30. The molecule has 0 aliphatic carbocycles. The number of amides is 1. The van der Waals surface area contributed by atoms with E-state index in [0.29, 0.717) is 31.8 Å². The smallest absolute Gasteiger partial charge is 0.308 e. The Hall–Kier alpha value is -1.38. The summed E-state index contributed by atoms with van der Waals surface area (Å²) in [6.07, 6.45) is 1.70. The van der Waals surface area contributed by atoms with Crippen molar-refractivity contribution in [2.45, 2.75) is 13.8 Å². The highest BCUT2D eigenvalue weighted by atomic mass is 79.9. The molecular formula is C14H12BrNO4S2. The van der Waals surface area contributed by atoms with Crippen molar-refractivity contribution < 1.29 is 19.1 Å². The molecule has 0 bridgehead atoms. The standard InChI is InChI=1S/C14H12BrNO4S2/c1-3-19-10-5-8(4-9(15)12(10)20-7(2)17)6-11-13(18)16-14(21)22-11/h4-6H,3H2,1-2H3,(H,16,18,21)/b11-6+. The number of hydrogen-bond donors (Lipinski definition) is 1. The number of nitrogens with one attached hydrogen (secondary N) is 1. The van der Waals surface area contributed by atoms with Gasteiger partial charge in [0.05, 0.1) is 16.0 Å². The quantitative estimate of drug-likeness (QED) is 0.361. The van der Waals surface area contributed by atoms with Gasteiger partial charge in [0.1, 0.15) is 4.32 Å². The van der Waals surface area contributed by atoms with E-state index in [0.717, 1.165) is 5.56 Å². The molecule has 0 spiro atoms. The van der Waals surface area contributed by atoms with Gasteiger partial charge >= 0.3 is 5.97 Å². The van der Waals surface area contributed by atoms with E-state index in [1.54, 1.807) is 18.2 Å². The normalized spacial score (nSPS) is 15.9. The summed E-state index contributed by atoms with van der Waals surface area (Å²) in [5, 5.41) is 2.55. The minimum absolute atomic E-state index is 0.229. The molecule has 1 aliphatic rings. The van der Waals surface area contributed by atoms with Crippen LogP contribution in [0.4, 0.5) is 0 Å². The summed E-state index contributed by atoms with van der Waals surface area (Å²) >= 11 is 9.50. The monoisotopic (exact) mass is 401 g/mol. The first kappa shape index (κ1) is 17.0. The molecule has 0 unspecified atom stereocenters. The first-order valence-corrected chi connectivity index (χ1v) is 8.32. The van der Waals surface area contributed by atoms with E-state index in [-0.39, 0.29) is 5.91 Å². The lowest BCUT2D eigenvalue weighted by Crippen LogP contribution is -2.17. The summed E-state index contributed by atoms with van der Waals surface area (Å²) in [4.78, 5) is 23.4. The number of hydrogen-bond acceptors (Lipinski definition) is 6. The maximum Gasteiger partial charge on any atom is 0.308 e. The molecule has 1 fully saturated rings. The fourth-order valence-electron chi connectivity index (χ4n) is 1.75. The van der Waals surface area contributed by atoms with E-state index in [1.165, 1.54) is 18.7 Å². The molecule has 8 heteroatoms. The maximum absolute atomic E-state index is 11.7. The number of ether oxygens (including phenoxy) is 2. The SMILES string of the molecule is CCOc1cc(/C=C2/SC(=S)NC2=O)cc(Br)c1OC(C)=O. The first-order chi connectivity index (χ1) is 10.4. The summed E-state index contributed by atoms with van der Waals surface area (Å²) in [5.41, 5.74) is 0.730. The van der Waals surface area contributed by atoms with Crippen molar-refractivity contribution >= 4 is 62.2 Å². The van der Waals surface area contributed by atoms with Crippen LogP contribution in [0.25, 0.3) is 6.08 Å². The van der Waals surface area contributed by atoms with Crippen LogP contribution in [0.1, 0.15) is 19.4 Å². The van der Waals surface area contributed by atoms with Gasteiger partial charge < -0.3 is 14.8 Å². The van der Waals surface area contributed by atoms with Crippen molar-refractivity contribution in [2.75, 3.05) is 6.61 Å². The number of rotatable bonds is 4. The van der Waals surface area contributed by atoms with Crippen molar-refractivity contribution in [1.82, 2.24) is 5.32 Å². The lowest BCUT2D eigenvalue weighted by atomic mass is 10.2.